The third kappa shape index (κ3) is 4.18. The van der Waals surface area contributed by atoms with Gasteiger partial charge in [0.1, 0.15) is 0 Å². The molecule has 1 N–H and O–H groups in total. The summed E-state index contributed by atoms with van der Waals surface area (Å²) < 4.78 is 0. The van der Waals surface area contributed by atoms with Crippen molar-refractivity contribution in [3.63, 3.8) is 0 Å². The standard InChI is InChI=1S/C7H9O2P.ClH/c8-7(9)4-3-6-2-1-5-10-6;/h3-4H,1-2,5H2,(H,8,9);1H. The number of hydrogen-bond acceptors (Lipinski definition) is 1. The lowest BCUT2D eigenvalue weighted by molar-refractivity contribution is -0.131. The molecule has 0 aromatic rings. The fourth-order valence-electron chi connectivity index (χ4n) is 0.865. The molecule has 0 saturated heterocycles. The number of halogens is 1. The van der Waals surface area contributed by atoms with E-state index in [1.54, 1.807) is 6.08 Å². The maximum Gasteiger partial charge on any atom is 0.328 e. The van der Waals surface area contributed by atoms with E-state index in [2.05, 4.69) is 0 Å². The number of rotatable bonds is 2. The van der Waals surface area contributed by atoms with Crippen LogP contribution in [0.25, 0.3) is 0 Å². The number of allylic oxidation sites excluding steroid dienone is 1. The van der Waals surface area contributed by atoms with Crippen LogP contribution in [0.1, 0.15) is 12.8 Å². The fourth-order valence-corrected chi connectivity index (χ4v) is 1.97. The van der Waals surface area contributed by atoms with Crippen LogP contribution < -0.4 is 0 Å². The summed E-state index contributed by atoms with van der Waals surface area (Å²) in [5, 5.41) is 9.52. The molecule has 0 saturated carbocycles. The Hall–Kier alpha value is -0.330. The van der Waals surface area contributed by atoms with Gasteiger partial charge in [-0.3, -0.25) is 0 Å². The molecule has 0 atom stereocenters. The van der Waals surface area contributed by atoms with E-state index in [-0.39, 0.29) is 12.4 Å². The third-order valence-corrected chi connectivity index (χ3v) is 2.64. The lowest BCUT2D eigenvalue weighted by atomic mass is 10.2. The SMILES string of the molecule is Cl.O=C(O)C=CC1=PCCC1. The Labute approximate surface area is 73.5 Å². The van der Waals surface area contributed by atoms with Crippen LogP contribution in [0.2, 0.25) is 0 Å². The van der Waals surface area contributed by atoms with E-state index in [1.165, 1.54) is 32.2 Å². The summed E-state index contributed by atoms with van der Waals surface area (Å²) in [5.74, 6) is -0.852. The van der Waals surface area contributed by atoms with Crippen molar-refractivity contribution in [2.75, 3.05) is 6.16 Å². The maximum absolute atomic E-state index is 10.1. The molecule has 11 heavy (non-hydrogen) atoms. The molecule has 1 rings (SSSR count). The van der Waals surface area contributed by atoms with Crippen molar-refractivity contribution in [3.8, 4) is 0 Å². The monoisotopic (exact) mass is 192 g/mol. The molecule has 0 aliphatic carbocycles. The second-order valence-electron chi connectivity index (χ2n) is 2.15. The molecular formula is C7H10ClO2P. The minimum atomic E-state index is -0.852. The van der Waals surface area contributed by atoms with Gasteiger partial charge in [-0.25, -0.2) is 4.79 Å². The zero-order valence-corrected chi connectivity index (χ0v) is 7.70. The zero-order chi connectivity index (χ0) is 7.40. The normalized spacial score (nSPS) is 17.6. The number of carboxylic acids is 1. The van der Waals surface area contributed by atoms with E-state index < -0.39 is 5.97 Å². The van der Waals surface area contributed by atoms with Crippen molar-refractivity contribution in [1.82, 2.24) is 0 Å². The smallest absolute Gasteiger partial charge is 0.328 e. The van der Waals surface area contributed by atoms with E-state index >= 15 is 0 Å². The molecule has 1 aliphatic heterocycles. The summed E-state index contributed by atoms with van der Waals surface area (Å²) in [6, 6.07) is 0. The highest BCUT2D eigenvalue weighted by Gasteiger charge is 2.00. The number of carbonyl (C=O) groups is 1. The van der Waals surface area contributed by atoms with Gasteiger partial charge in [0.05, 0.1) is 0 Å². The molecule has 2 nitrogen and oxygen atoms in total. The van der Waals surface area contributed by atoms with Crippen LogP contribution in [0.3, 0.4) is 0 Å². The highest BCUT2D eigenvalue weighted by molar-refractivity contribution is 7.41. The molecule has 0 aromatic heterocycles. The molecule has 1 heterocycles. The molecule has 62 valence electrons. The predicted octanol–water partition coefficient (Wildman–Crippen LogP) is 1.96. The van der Waals surface area contributed by atoms with E-state index in [1.807, 2.05) is 0 Å². The molecular weight excluding hydrogens is 183 g/mol. The van der Waals surface area contributed by atoms with Crippen LogP contribution in [0, 0.1) is 0 Å². The maximum atomic E-state index is 10.1. The molecule has 0 bridgehead atoms. The van der Waals surface area contributed by atoms with Gasteiger partial charge in [-0.15, -0.1) is 20.6 Å². The summed E-state index contributed by atoms with van der Waals surface area (Å²) in [7, 11) is 1.31. The molecule has 0 aromatic carbocycles. The number of hydrogen-bond donors (Lipinski definition) is 1. The van der Waals surface area contributed by atoms with Crippen molar-refractivity contribution < 1.29 is 9.90 Å². The Morgan fingerprint density at radius 3 is 2.82 bits per heavy atom. The lowest BCUT2D eigenvalue weighted by Crippen LogP contribution is -1.90. The second-order valence-corrected chi connectivity index (χ2v) is 3.49. The van der Waals surface area contributed by atoms with Gasteiger partial charge in [-0.2, -0.15) is 0 Å². The van der Waals surface area contributed by atoms with Gasteiger partial charge >= 0.3 is 5.97 Å². The predicted molar refractivity (Wildman–Crippen MR) is 50.1 cm³/mol. The van der Waals surface area contributed by atoms with E-state index in [0.29, 0.717) is 0 Å². The number of carboxylic acid groups (broad SMARTS) is 1. The highest BCUT2D eigenvalue weighted by Crippen LogP contribution is 2.17. The highest BCUT2D eigenvalue weighted by atomic mass is 35.5. The van der Waals surface area contributed by atoms with Gasteiger partial charge in [-0.1, -0.05) is 0 Å². The summed E-state index contributed by atoms with van der Waals surface area (Å²) in [4.78, 5) is 10.1. The zero-order valence-electron chi connectivity index (χ0n) is 5.99. The average molecular weight is 193 g/mol. The van der Waals surface area contributed by atoms with Gasteiger partial charge in [0.2, 0.25) is 0 Å². The summed E-state index contributed by atoms with van der Waals surface area (Å²) in [6.45, 7) is 0. The Morgan fingerprint density at radius 1 is 1.64 bits per heavy atom. The Morgan fingerprint density at radius 2 is 2.36 bits per heavy atom. The minimum absolute atomic E-state index is 0. The molecule has 4 heteroatoms. The van der Waals surface area contributed by atoms with Crippen molar-refractivity contribution in [1.29, 1.82) is 0 Å². The molecule has 0 amide bonds. The van der Waals surface area contributed by atoms with Gasteiger partial charge in [0.15, 0.2) is 0 Å². The first-order valence-electron chi connectivity index (χ1n) is 3.23. The molecule has 0 fully saturated rings. The van der Waals surface area contributed by atoms with Crippen molar-refractivity contribution in [2.45, 2.75) is 12.8 Å². The average Bonchev–Trinajstić information content (AvgIpc) is 2.34. The molecule has 0 unspecified atom stereocenters. The quantitative estimate of drug-likeness (QED) is 0.537. The Bertz CT molecular complexity index is 199. The van der Waals surface area contributed by atoms with Crippen molar-refractivity contribution >= 4 is 31.9 Å². The van der Waals surface area contributed by atoms with E-state index in [9.17, 15) is 4.79 Å². The minimum Gasteiger partial charge on any atom is -0.478 e. The largest absolute Gasteiger partial charge is 0.478 e. The van der Waals surface area contributed by atoms with Gasteiger partial charge in [0, 0.05) is 6.08 Å². The second kappa shape index (κ2) is 5.34. The fraction of sp³-hybridized carbons (Fsp3) is 0.429. The first-order valence-corrected chi connectivity index (χ1v) is 4.31. The molecule has 0 spiro atoms. The van der Waals surface area contributed by atoms with Crippen molar-refractivity contribution in [3.05, 3.63) is 12.2 Å². The van der Waals surface area contributed by atoms with Crippen LogP contribution in [-0.2, 0) is 4.79 Å². The van der Waals surface area contributed by atoms with Gasteiger partial charge in [0.25, 0.3) is 0 Å². The lowest BCUT2D eigenvalue weighted by Gasteiger charge is -1.85. The summed E-state index contributed by atoms with van der Waals surface area (Å²) in [6.07, 6.45) is 6.41. The van der Waals surface area contributed by atoms with E-state index in [4.69, 9.17) is 5.11 Å². The third-order valence-electron chi connectivity index (χ3n) is 1.32. The number of aliphatic carboxylic acids is 1. The van der Waals surface area contributed by atoms with Crippen LogP contribution in [0.15, 0.2) is 12.2 Å². The van der Waals surface area contributed by atoms with Crippen LogP contribution >= 0.6 is 20.6 Å². The van der Waals surface area contributed by atoms with Crippen LogP contribution in [-0.4, -0.2) is 22.5 Å². The Balaban J connectivity index is 0.000001000. The molecule has 0 radical (unpaired) electrons. The summed E-state index contributed by atoms with van der Waals surface area (Å²) in [5.41, 5.74) is 0. The first kappa shape index (κ1) is 10.7. The first-order chi connectivity index (χ1) is 4.79. The summed E-state index contributed by atoms with van der Waals surface area (Å²) >= 11 is 0. The molecule has 1 aliphatic rings. The van der Waals surface area contributed by atoms with Gasteiger partial charge in [-0.05, 0) is 30.4 Å². The van der Waals surface area contributed by atoms with Crippen LogP contribution in [0.4, 0.5) is 0 Å². The Kier molecular flexibility index (Phi) is 5.18. The topological polar surface area (TPSA) is 37.3 Å². The van der Waals surface area contributed by atoms with Crippen molar-refractivity contribution in [2.24, 2.45) is 0 Å². The van der Waals surface area contributed by atoms with Gasteiger partial charge < -0.3 is 5.11 Å². The van der Waals surface area contributed by atoms with E-state index in [0.717, 1.165) is 6.42 Å². The van der Waals surface area contributed by atoms with Crippen LogP contribution in [0.5, 0.6) is 0 Å².